The van der Waals surface area contributed by atoms with Crippen molar-refractivity contribution in [2.24, 2.45) is 0 Å². The zero-order valence-corrected chi connectivity index (χ0v) is 14.7. The number of nitrogens with zero attached hydrogens (tertiary/aromatic N) is 2. The summed E-state index contributed by atoms with van der Waals surface area (Å²) in [6.45, 7) is 1.27. The molecule has 1 N–H and O–H groups in total. The van der Waals surface area contributed by atoms with Crippen molar-refractivity contribution in [2.75, 3.05) is 11.9 Å². The molecule has 0 atom stereocenters. The molecule has 0 spiro atoms. The summed E-state index contributed by atoms with van der Waals surface area (Å²) >= 11 is 1.35. The Hall–Kier alpha value is -3.13. The smallest absolute Gasteiger partial charge is 0.341 e. The normalized spacial score (nSPS) is 10.3. The fourth-order valence-corrected chi connectivity index (χ4v) is 2.93. The molecular formula is C18H15N3O4S. The van der Waals surface area contributed by atoms with Crippen LogP contribution in [0.5, 0.6) is 0 Å². The Balaban J connectivity index is 1.62. The molecule has 0 aliphatic rings. The predicted octanol–water partition coefficient (Wildman–Crippen LogP) is 3.32. The number of anilines is 1. The molecule has 2 heterocycles. The summed E-state index contributed by atoms with van der Waals surface area (Å²) in [4.78, 5) is 29.3. The first-order valence-corrected chi connectivity index (χ1v) is 8.51. The average Bonchev–Trinajstić information content (AvgIpc) is 3.06. The molecule has 3 aromatic rings. The summed E-state index contributed by atoms with van der Waals surface area (Å²) in [6, 6.07) is 14.4. The summed E-state index contributed by atoms with van der Waals surface area (Å²) in [5.41, 5.74) is 0.298. The summed E-state index contributed by atoms with van der Waals surface area (Å²) in [6.07, 6.45) is 1.60. The first kappa shape index (κ1) is 17.7. The lowest BCUT2D eigenvalue weighted by Gasteiger charge is -2.08. The van der Waals surface area contributed by atoms with Crippen LogP contribution in [0.2, 0.25) is 0 Å². The van der Waals surface area contributed by atoms with E-state index in [9.17, 15) is 9.59 Å². The molecule has 0 saturated carbocycles. The minimum absolute atomic E-state index is 0.269. The number of aryl methyl sites for hydroxylation is 1. The third-order valence-corrected chi connectivity index (χ3v) is 4.21. The SMILES string of the molecule is Cc1cc(NC(=O)COC(=O)c2cccnc2Sc2ccccc2)no1. The van der Waals surface area contributed by atoms with Gasteiger partial charge in [-0.05, 0) is 31.2 Å². The van der Waals surface area contributed by atoms with Crippen molar-refractivity contribution >= 4 is 29.5 Å². The van der Waals surface area contributed by atoms with Crippen LogP contribution >= 0.6 is 11.8 Å². The molecular weight excluding hydrogens is 354 g/mol. The van der Waals surface area contributed by atoms with Gasteiger partial charge in [-0.1, -0.05) is 35.1 Å². The number of esters is 1. The molecule has 1 amide bonds. The molecule has 0 fully saturated rings. The second-order valence-electron chi connectivity index (χ2n) is 5.22. The molecule has 1 aromatic carbocycles. The molecule has 3 rings (SSSR count). The van der Waals surface area contributed by atoms with Gasteiger partial charge < -0.3 is 14.6 Å². The van der Waals surface area contributed by atoms with Crippen LogP contribution in [-0.4, -0.2) is 28.6 Å². The number of nitrogens with one attached hydrogen (secondary N) is 1. The minimum Gasteiger partial charge on any atom is -0.452 e. The van der Waals surface area contributed by atoms with Crippen molar-refractivity contribution < 1.29 is 18.8 Å². The van der Waals surface area contributed by atoms with Gasteiger partial charge in [-0.25, -0.2) is 9.78 Å². The van der Waals surface area contributed by atoms with Crippen molar-refractivity contribution in [2.45, 2.75) is 16.8 Å². The molecule has 0 aliphatic carbocycles. The summed E-state index contributed by atoms with van der Waals surface area (Å²) in [5, 5.41) is 6.63. The highest BCUT2D eigenvalue weighted by molar-refractivity contribution is 7.99. The van der Waals surface area contributed by atoms with Gasteiger partial charge in [0.25, 0.3) is 5.91 Å². The van der Waals surface area contributed by atoms with Gasteiger partial charge in [0.2, 0.25) is 0 Å². The van der Waals surface area contributed by atoms with Crippen LogP contribution in [0.15, 0.2) is 69.2 Å². The Morgan fingerprint density at radius 1 is 1.19 bits per heavy atom. The van der Waals surface area contributed by atoms with Crippen LogP contribution in [0.1, 0.15) is 16.1 Å². The fourth-order valence-electron chi connectivity index (χ4n) is 2.04. The average molecular weight is 369 g/mol. The number of rotatable bonds is 6. The Morgan fingerprint density at radius 2 is 2.00 bits per heavy atom. The van der Waals surface area contributed by atoms with E-state index in [1.807, 2.05) is 30.3 Å². The molecule has 0 saturated heterocycles. The van der Waals surface area contributed by atoms with Gasteiger partial charge in [-0.3, -0.25) is 4.79 Å². The van der Waals surface area contributed by atoms with Crippen molar-refractivity contribution in [3.8, 4) is 0 Å². The van der Waals surface area contributed by atoms with Gasteiger partial charge >= 0.3 is 5.97 Å². The molecule has 0 bridgehead atoms. The maximum absolute atomic E-state index is 12.3. The summed E-state index contributed by atoms with van der Waals surface area (Å²) in [7, 11) is 0. The van der Waals surface area contributed by atoms with Crippen LogP contribution in [-0.2, 0) is 9.53 Å². The van der Waals surface area contributed by atoms with Crippen molar-refractivity contribution in [3.63, 3.8) is 0 Å². The number of benzene rings is 1. The second kappa shape index (κ2) is 8.30. The highest BCUT2D eigenvalue weighted by atomic mass is 32.2. The summed E-state index contributed by atoms with van der Waals surface area (Å²) in [5.74, 6) is -0.295. The standard InChI is InChI=1S/C18H15N3O4S/c1-12-10-15(21-25-12)20-16(22)11-24-18(23)14-8-5-9-19-17(14)26-13-6-3-2-4-7-13/h2-10H,11H2,1H3,(H,20,21,22). The molecule has 0 aliphatic heterocycles. The molecule has 26 heavy (non-hydrogen) atoms. The Morgan fingerprint density at radius 3 is 2.73 bits per heavy atom. The number of amides is 1. The van der Waals surface area contributed by atoms with Gasteiger partial charge in [0.1, 0.15) is 10.8 Å². The zero-order chi connectivity index (χ0) is 18.4. The lowest BCUT2D eigenvalue weighted by atomic mass is 10.3. The number of hydrogen-bond acceptors (Lipinski definition) is 7. The molecule has 0 radical (unpaired) electrons. The molecule has 7 nitrogen and oxygen atoms in total. The number of hydrogen-bond donors (Lipinski definition) is 1. The van der Waals surface area contributed by atoms with Crippen LogP contribution < -0.4 is 5.32 Å². The van der Waals surface area contributed by atoms with E-state index in [0.717, 1.165) is 4.90 Å². The van der Waals surface area contributed by atoms with Crippen LogP contribution in [0.4, 0.5) is 5.82 Å². The number of aromatic nitrogens is 2. The van der Waals surface area contributed by atoms with Crippen molar-refractivity contribution in [1.82, 2.24) is 10.1 Å². The fraction of sp³-hybridized carbons (Fsp3) is 0.111. The monoisotopic (exact) mass is 369 g/mol. The maximum Gasteiger partial charge on any atom is 0.341 e. The van der Waals surface area contributed by atoms with E-state index >= 15 is 0 Å². The molecule has 8 heteroatoms. The Labute approximate surface area is 153 Å². The number of carbonyl (C=O) groups is 2. The van der Waals surface area contributed by atoms with E-state index < -0.39 is 18.5 Å². The quantitative estimate of drug-likeness (QED) is 0.666. The number of ether oxygens (including phenoxy) is 1. The van der Waals surface area contributed by atoms with E-state index in [2.05, 4.69) is 15.5 Å². The van der Waals surface area contributed by atoms with Gasteiger partial charge in [0.15, 0.2) is 12.4 Å². The van der Waals surface area contributed by atoms with E-state index in [0.29, 0.717) is 16.3 Å². The first-order chi connectivity index (χ1) is 12.6. The van der Waals surface area contributed by atoms with Gasteiger partial charge in [-0.15, -0.1) is 0 Å². The van der Waals surface area contributed by atoms with E-state index in [1.165, 1.54) is 11.8 Å². The largest absolute Gasteiger partial charge is 0.452 e. The lowest BCUT2D eigenvalue weighted by Crippen LogP contribution is -2.21. The Bertz CT molecular complexity index is 912. The van der Waals surface area contributed by atoms with Crippen molar-refractivity contribution in [1.29, 1.82) is 0 Å². The predicted molar refractivity (Wildman–Crippen MR) is 95.0 cm³/mol. The lowest BCUT2D eigenvalue weighted by molar-refractivity contribution is -0.119. The highest BCUT2D eigenvalue weighted by Gasteiger charge is 2.16. The van der Waals surface area contributed by atoms with Crippen LogP contribution in [0.3, 0.4) is 0 Å². The number of carbonyl (C=O) groups excluding carboxylic acids is 2. The third kappa shape index (κ3) is 4.70. The minimum atomic E-state index is -0.622. The topological polar surface area (TPSA) is 94.3 Å². The number of pyridine rings is 1. The second-order valence-corrected chi connectivity index (χ2v) is 6.28. The van der Waals surface area contributed by atoms with E-state index in [4.69, 9.17) is 9.26 Å². The van der Waals surface area contributed by atoms with Gasteiger partial charge in [0.05, 0.1) is 5.56 Å². The molecule has 132 valence electrons. The molecule has 2 aromatic heterocycles. The van der Waals surface area contributed by atoms with E-state index in [-0.39, 0.29) is 5.82 Å². The van der Waals surface area contributed by atoms with Crippen LogP contribution in [0.25, 0.3) is 0 Å². The molecule has 0 unspecified atom stereocenters. The first-order valence-electron chi connectivity index (χ1n) is 7.70. The summed E-state index contributed by atoms with van der Waals surface area (Å²) < 4.78 is 9.93. The Kier molecular flexibility index (Phi) is 5.65. The van der Waals surface area contributed by atoms with Gasteiger partial charge in [0, 0.05) is 17.2 Å². The zero-order valence-electron chi connectivity index (χ0n) is 13.8. The highest BCUT2D eigenvalue weighted by Crippen LogP contribution is 2.28. The van der Waals surface area contributed by atoms with Gasteiger partial charge in [-0.2, -0.15) is 0 Å². The van der Waals surface area contributed by atoms with E-state index in [1.54, 1.807) is 31.3 Å². The van der Waals surface area contributed by atoms with Crippen molar-refractivity contribution in [3.05, 3.63) is 66.1 Å². The maximum atomic E-state index is 12.3. The van der Waals surface area contributed by atoms with Crippen LogP contribution in [0, 0.1) is 6.92 Å². The third-order valence-electron chi connectivity index (χ3n) is 3.18.